The number of hydrogen-bond donors (Lipinski definition) is 0. The van der Waals surface area contributed by atoms with E-state index in [-0.39, 0.29) is 18.1 Å². The normalized spacial score (nSPS) is 15.6. The molecule has 12 heteroatoms. The van der Waals surface area contributed by atoms with Crippen LogP contribution in [0.15, 0.2) is 59.5 Å². The van der Waals surface area contributed by atoms with Crippen molar-refractivity contribution < 1.29 is 21.6 Å². The van der Waals surface area contributed by atoms with Gasteiger partial charge in [0.2, 0.25) is 10.0 Å². The minimum absolute atomic E-state index is 0.0650. The van der Waals surface area contributed by atoms with Gasteiger partial charge in [0.1, 0.15) is 4.90 Å². The van der Waals surface area contributed by atoms with Crippen LogP contribution in [-0.2, 0) is 16.2 Å². The van der Waals surface area contributed by atoms with Crippen LogP contribution in [0.4, 0.5) is 19.0 Å². The molecule has 174 valence electrons. The largest absolute Gasteiger partial charge is 0.416 e. The van der Waals surface area contributed by atoms with Gasteiger partial charge in [-0.05, 0) is 42.5 Å². The maximum atomic E-state index is 13.0. The zero-order valence-corrected chi connectivity index (χ0v) is 19.3. The number of halogens is 5. The molecule has 0 atom stereocenters. The second-order valence-electron chi connectivity index (χ2n) is 7.32. The maximum absolute atomic E-state index is 13.0. The van der Waals surface area contributed by atoms with Crippen LogP contribution in [0.25, 0.3) is 11.3 Å². The minimum Gasteiger partial charge on any atom is -0.352 e. The van der Waals surface area contributed by atoms with Crippen molar-refractivity contribution in [3.63, 3.8) is 0 Å². The molecule has 0 bridgehead atoms. The van der Waals surface area contributed by atoms with Crippen molar-refractivity contribution in [3.8, 4) is 11.3 Å². The van der Waals surface area contributed by atoms with Crippen molar-refractivity contribution in [2.75, 3.05) is 31.1 Å². The first-order chi connectivity index (χ1) is 15.6. The Labute approximate surface area is 198 Å². The third-order valence-corrected chi connectivity index (χ3v) is 7.86. The summed E-state index contributed by atoms with van der Waals surface area (Å²) in [5.74, 6) is 0.571. The number of alkyl halides is 3. The predicted molar refractivity (Wildman–Crippen MR) is 120 cm³/mol. The van der Waals surface area contributed by atoms with Gasteiger partial charge in [0.15, 0.2) is 5.82 Å². The van der Waals surface area contributed by atoms with Gasteiger partial charge in [-0.25, -0.2) is 8.42 Å². The van der Waals surface area contributed by atoms with Crippen molar-refractivity contribution in [1.29, 1.82) is 0 Å². The Kier molecular flexibility index (Phi) is 6.54. The zero-order valence-electron chi connectivity index (χ0n) is 16.9. The molecular formula is C21H17Cl2F3N4O2S. The first kappa shape index (κ1) is 23.7. The second kappa shape index (κ2) is 9.09. The summed E-state index contributed by atoms with van der Waals surface area (Å²) in [6.07, 6.45) is -4.68. The molecule has 1 fully saturated rings. The lowest BCUT2D eigenvalue weighted by Crippen LogP contribution is -2.49. The van der Waals surface area contributed by atoms with Gasteiger partial charge in [0, 0.05) is 36.8 Å². The molecule has 1 aliphatic rings. The molecule has 3 aromatic rings. The molecule has 0 spiro atoms. The average molecular weight is 517 g/mol. The van der Waals surface area contributed by atoms with Crippen LogP contribution in [0.3, 0.4) is 0 Å². The highest BCUT2D eigenvalue weighted by Crippen LogP contribution is 2.34. The number of sulfonamides is 1. The smallest absolute Gasteiger partial charge is 0.352 e. The van der Waals surface area contributed by atoms with Crippen LogP contribution < -0.4 is 4.90 Å². The summed E-state index contributed by atoms with van der Waals surface area (Å²) >= 11 is 11.8. The summed E-state index contributed by atoms with van der Waals surface area (Å²) in [6.45, 7) is 0.723. The van der Waals surface area contributed by atoms with Gasteiger partial charge in [-0.3, -0.25) is 0 Å². The van der Waals surface area contributed by atoms with Crippen LogP contribution in [-0.4, -0.2) is 49.1 Å². The fraction of sp³-hybridized carbons (Fsp3) is 0.238. The van der Waals surface area contributed by atoms with E-state index in [4.69, 9.17) is 23.2 Å². The van der Waals surface area contributed by atoms with Gasteiger partial charge in [-0.1, -0.05) is 35.3 Å². The highest BCUT2D eigenvalue weighted by Gasteiger charge is 2.35. The maximum Gasteiger partial charge on any atom is 0.416 e. The fourth-order valence-corrected chi connectivity index (χ4v) is 5.49. The molecule has 0 N–H and O–H groups in total. The number of benzene rings is 2. The van der Waals surface area contributed by atoms with Gasteiger partial charge >= 0.3 is 6.18 Å². The van der Waals surface area contributed by atoms with Crippen LogP contribution in [0.1, 0.15) is 5.56 Å². The Balaban J connectivity index is 1.47. The number of hydrogen-bond acceptors (Lipinski definition) is 5. The van der Waals surface area contributed by atoms with Gasteiger partial charge < -0.3 is 4.90 Å². The van der Waals surface area contributed by atoms with E-state index in [9.17, 15) is 21.6 Å². The molecule has 2 heterocycles. The van der Waals surface area contributed by atoms with E-state index < -0.39 is 26.7 Å². The van der Waals surface area contributed by atoms with Crippen molar-refractivity contribution in [2.24, 2.45) is 0 Å². The molecule has 0 aliphatic carbocycles. The topological polar surface area (TPSA) is 66.4 Å². The molecule has 6 nitrogen and oxygen atoms in total. The van der Waals surface area contributed by atoms with Crippen LogP contribution in [0.5, 0.6) is 0 Å². The van der Waals surface area contributed by atoms with E-state index in [1.807, 2.05) is 17.0 Å². The number of rotatable bonds is 4. The fourth-order valence-electron chi connectivity index (χ4n) is 3.44. The van der Waals surface area contributed by atoms with E-state index in [1.165, 1.54) is 0 Å². The van der Waals surface area contributed by atoms with Crippen LogP contribution >= 0.6 is 23.2 Å². The molecule has 0 amide bonds. The molecule has 0 radical (unpaired) electrons. The summed E-state index contributed by atoms with van der Waals surface area (Å²) < 4.78 is 66.2. The van der Waals surface area contributed by atoms with Crippen LogP contribution in [0.2, 0.25) is 10.0 Å². The molecule has 1 saturated heterocycles. The van der Waals surface area contributed by atoms with E-state index in [2.05, 4.69) is 10.2 Å². The van der Waals surface area contributed by atoms with Gasteiger partial charge in [0.25, 0.3) is 0 Å². The first-order valence-corrected chi connectivity index (χ1v) is 12.0. The van der Waals surface area contributed by atoms with Crippen molar-refractivity contribution >= 4 is 39.0 Å². The summed E-state index contributed by atoms with van der Waals surface area (Å²) in [7, 11) is -4.20. The van der Waals surface area contributed by atoms with Gasteiger partial charge in [-0.15, -0.1) is 10.2 Å². The Morgan fingerprint density at radius 1 is 0.848 bits per heavy atom. The molecule has 0 saturated carbocycles. The molecule has 1 aromatic heterocycles. The highest BCUT2D eigenvalue weighted by atomic mass is 35.5. The number of nitrogens with zero attached hydrogens (tertiary/aromatic N) is 4. The van der Waals surface area contributed by atoms with E-state index >= 15 is 0 Å². The lowest BCUT2D eigenvalue weighted by molar-refractivity contribution is -0.137. The lowest BCUT2D eigenvalue weighted by atomic mass is 10.1. The summed E-state index contributed by atoms with van der Waals surface area (Å²) in [5, 5.41) is 8.81. The van der Waals surface area contributed by atoms with Crippen LogP contribution in [0, 0.1) is 0 Å². The molecular weight excluding hydrogens is 500 g/mol. The monoisotopic (exact) mass is 516 g/mol. The standard InChI is InChI=1S/C21H17Cl2F3N4O2S/c22-16-4-1-14(2-5-16)18-7-8-20(28-27-18)29-9-11-30(12-10-29)33(31,32)19-13-15(21(24,25)26)3-6-17(19)23/h1-8,13H,9-12H2. The Hall–Kier alpha value is -2.40. The first-order valence-electron chi connectivity index (χ1n) is 9.77. The lowest BCUT2D eigenvalue weighted by Gasteiger charge is -2.34. The predicted octanol–water partition coefficient (Wildman–Crippen LogP) is 4.98. The summed E-state index contributed by atoms with van der Waals surface area (Å²) in [5.41, 5.74) is 0.448. The Morgan fingerprint density at radius 3 is 2.09 bits per heavy atom. The number of piperazine rings is 1. The molecule has 2 aromatic carbocycles. The summed E-state index contributed by atoms with van der Waals surface area (Å²) in [4.78, 5) is 1.30. The zero-order chi connectivity index (χ0) is 23.8. The molecule has 33 heavy (non-hydrogen) atoms. The van der Waals surface area contributed by atoms with E-state index in [0.29, 0.717) is 35.7 Å². The number of anilines is 1. The molecule has 0 unspecified atom stereocenters. The van der Waals surface area contributed by atoms with Gasteiger partial charge in [-0.2, -0.15) is 17.5 Å². The quantitative estimate of drug-likeness (QED) is 0.489. The number of aromatic nitrogens is 2. The van der Waals surface area contributed by atoms with Crippen molar-refractivity contribution in [1.82, 2.24) is 14.5 Å². The minimum atomic E-state index is -4.68. The van der Waals surface area contributed by atoms with E-state index in [0.717, 1.165) is 22.0 Å². The van der Waals surface area contributed by atoms with Crippen molar-refractivity contribution in [2.45, 2.75) is 11.1 Å². The highest BCUT2D eigenvalue weighted by molar-refractivity contribution is 7.89. The second-order valence-corrected chi connectivity index (χ2v) is 10.1. The Bertz CT molecular complexity index is 1250. The average Bonchev–Trinajstić information content (AvgIpc) is 2.79. The third-order valence-electron chi connectivity index (χ3n) is 5.23. The third kappa shape index (κ3) is 5.08. The Morgan fingerprint density at radius 2 is 1.52 bits per heavy atom. The molecule has 1 aliphatic heterocycles. The van der Waals surface area contributed by atoms with E-state index in [1.54, 1.807) is 24.3 Å². The SMILES string of the molecule is O=S(=O)(c1cc(C(F)(F)F)ccc1Cl)N1CCN(c2ccc(-c3ccc(Cl)cc3)nn2)CC1. The molecule has 4 rings (SSSR count). The van der Waals surface area contributed by atoms with Crippen molar-refractivity contribution in [3.05, 3.63) is 70.2 Å². The van der Waals surface area contributed by atoms with Gasteiger partial charge in [0.05, 0.1) is 16.3 Å². The summed E-state index contributed by atoms with van der Waals surface area (Å²) in [6, 6.07) is 13.0.